The molecule has 1 unspecified atom stereocenters. The summed E-state index contributed by atoms with van der Waals surface area (Å²) in [7, 11) is 0. The van der Waals surface area contributed by atoms with Crippen LogP contribution in [0, 0.1) is 11.7 Å². The maximum atomic E-state index is 13.5. The normalized spacial score (nSPS) is 18.1. The molecule has 0 aliphatic carbocycles. The number of benzene rings is 3. The van der Waals surface area contributed by atoms with Crippen molar-refractivity contribution in [3.05, 3.63) is 90.2 Å². The number of hydrogen-bond donors (Lipinski definition) is 0. The van der Waals surface area contributed by atoms with E-state index in [4.69, 9.17) is 4.98 Å². The third-order valence-corrected chi connectivity index (χ3v) is 7.33. The molecule has 37 heavy (non-hydrogen) atoms. The molecule has 0 bridgehead atoms. The van der Waals surface area contributed by atoms with Crippen molar-refractivity contribution in [2.45, 2.75) is 13.0 Å². The zero-order valence-electron chi connectivity index (χ0n) is 20.5. The van der Waals surface area contributed by atoms with E-state index in [9.17, 15) is 14.0 Å². The van der Waals surface area contributed by atoms with Crippen LogP contribution in [0.15, 0.2) is 78.9 Å². The van der Waals surface area contributed by atoms with Crippen molar-refractivity contribution < 1.29 is 14.0 Å². The molecule has 2 fully saturated rings. The van der Waals surface area contributed by atoms with Gasteiger partial charge in [0, 0.05) is 38.4 Å². The third-order valence-electron chi connectivity index (χ3n) is 7.33. The molecule has 1 atom stereocenters. The molecule has 0 spiro atoms. The van der Waals surface area contributed by atoms with E-state index >= 15 is 0 Å². The highest BCUT2D eigenvalue weighted by Gasteiger charge is 2.40. The maximum Gasteiger partial charge on any atom is 0.239 e. The van der Waals surface area contributed by atoms with Crippen molar-refractivity contribution in [2.24, 2.45) is 5.92 Å². The van der Waals surface area contributed by atoms with Crippen LogP contribution in [0.2, 0.25) is 0 Å². The fourth-order valence-corrected chi connectivity index (χ4v) is 5.35. The predicted octanol–water partition coefficient (Wildman–Crippen LogP) is 3.93. The fraction of sp³-hybridized carbons (Fsp3) is 0.276. The van der Waals surface area contributed by atoms with Gasteiger partial charge in [0.1, 0.15) is 11.7 Å². The molecule has 1 aromatic heterocycles. The number of rotatable bonds is 5. The van der Waals surface area contributed by atoms with Crippen molar-refractivity contribution in [1.82, 2.24) is 14.5 Å². The van der Waals surface area contributed by atoms with Crippen molar-refractivity contribution in [3.63, 3.8) is 0 Å². The first kappa shape index (κ1) is 23.2. The Morgan fingerprint density at radius 2 is 1.57 bits per heavy atom. The number of aromatic nitrogens is 2. The Kier molecular flexibility index (Phi) is 6.08. The average molecular weight is 498 g/mol. The minimum Gasteiger partial charge on any atom is -0.339 e. The van der Waals surface area contributed by atoms with Crippen LogP contribution in [-0.2, 0) is 16.1 Å². The monoisotopic (exact) mass is 497 g/mol. The maximum absolute atomic E-state index is 13.5. The van der Waals surface area contributed by atoms with Gasteiger partial charge < -0.3 is 19.3 Å². The Bertz CT molecular complexity index is 1430. The second-order valence-corrected chi connectivity index (χ2v) is 9.59. The summed E-state index contributed by atoms with van der Waals surface area (Å²) in [4.78, 5) is 37.0. The molecular weight excluding hydrogens is 469 g/mol. The summed E-state index contributed by atoms with van der Waals surface area (Å²) in [6.07, 6.45) is 0.542. The standard InChI is InChI=1S/C29H28FN5O2/c30-22-12-10-21(11-13-22)20-35-26-9-5-4-8-25(26)31-29(35)33-18-16-32(17-19-33)27(36)24-14-15-34(28(24)37)23-6-2-1-3-7-23/h1-13,24H,14-20H2. The predicted molar refractivity (Wildman–Crippen MR) is 141 cm³/mol. The summed E-state index contributed by atoms with van der Waals surface area (Å²) < 4.78 is 15.6. The minimum absolute atomic E-state index is 0.0807. The summed E-state index contributed by atoms with van der Waals surface area (Å²) in [6, 6.07) is 24.1. The van der Waals surface area contributed by atoms with Gasteiger partial charge in [-0.1, -0.05) is 42.5 Å². The number of imidazole rings is 1. The lowest BCUT2D eigenvalue weighted by Gasteiger charge is -2.36. The highest BCUT2D eigenvalue weighted by atomic mass is 19.1. The average Bonchev–Trinajstić information content (AvgIpc) is 3.51. The van der Waals surface area contributed by atoms with Crippen LogP contribution >= 0.6 is 0 Å². The largest absolute Gasteiger partial charge is 0.339 e. The van der Waals surface area contributed by atoms with Crippen molar-refractivity contribution in [2.75, 3.05) is 42.5 Å². The van der Waals surface area contributed by atoms with E-state index in [1.54, 1.807) is 17.0 Å². The number of amides is 2. The van der Waals surface area contributed by atoms with Crippen LogP contribution in [0.25, 0.3) is 11.0 Å². The molecule has 0 radical (unpaired) electrons. The van der Waals surface area contributed by atoms with E-state index in [1.807, 2.05) is 59.5 Å². The van der Waals surface area contributed by atoms with Crippen LogP contribution in [0.3, 0.4) is 0 Å². The number of piperazine rings is 1. The van der Waals surface area contributed by atoms with Crippen LogP contribution in [-0.4, -0.2) is 59.0 Å². The molecule has 2 saturated heterocycles. The first-order valence-corrected chi connectivity index (χ1v) is 12.7. The van der Waals surface area contributed by atoms with Crippen LogP contribution < -0.4 is 9.80 Å². The van der Waals surface area contributed by atoms with E-state index in [0.717, 1.165) is 28.2 Å². The Labute approximate surface area is 214 Å². The molecule has 2 amide bonds. The first-order chi connectivity index (χ1) is 18.1. The van der Waals surface area contributed by atoms with E-state index < -0.39 is 5.92 Å². The number of para-hydroxylation sites is 3. The quantitative estimate of drug-likeness (QED) is 0.392. The second kappa shape index (κ2) is 9.69. The number of halogens is 1. The highest BCUT2D eigenvalue weighted by molar-refractivity contribution is 6.09. The summed E-state index contributed by atoms with van der Waals surface area (Å²) in [5, 5.41) is 0. The van der Waals surface area contributed by atoms with E-state index in [0.29, 0.717) is 45.7 Å². The third kappa shape index (κ3) is 4.43. The van der Waals surface area contributed by atoms with Crippen molar-refractivity contribution in [3.8, 4) is 0 Å². The fourth-order valence-electron chi connectivity index (χ4n) is 5.35. The molecule has 6 rings (SSSR count). The first-order valence-electron chi connectivity index (χ1n) is 12.7. The number of hydrogen-bond acceptors (Lipinski definition) is 4. The van der Waals surface area contributed by atoms with Crippen LogP contribution in [0.4, 0.5) is 16.0 Å². The number of nitrogens with zero attached hydrogens (tertiary/aromatic N) is 5. The van der Waals surface area contributed by atoms with Gasteiger partial charge >= 0.3 is 0 Å². The van der Waals surface area contributed by atoms with Crippen molar-refractivity contribution >= 4 is 34.5 Å². The lowest BCUT2D eigenvalue weighted by Crippen LogP contribution is -2.52. The van der Waals surface area contributed by atoms with Gasteiger partial charge in [-0.2, -0.15) is 0 Å². The van der Waals surface area contributed by atoms with Gasteiger partial charge in [0.15, 0.2) is 0 Å². The van der Waals surface area contributed by atoms with Crippen LogP contribution in [0.5, 0.6) is 0 Å². The minimum atomic E-state index is -0.616. The Balaban J connectivity index is 1.17. The lowest BCUT2D eigenvalue weighted by molar-refractivity contribution is -0.140. The zero-order valence-corrected chi connectivity index (χ0v) is 20.5. The topological polar surface area (TPSA) is 61.7 Å². The SMILES string of the molecule is O=C(C1CCN(c2ccccc2)C1=O)N1CCN(c2nc3ccccc3n2Cc2ccc(F)cc2)CC1. The number of fused-ring (bicyclic) bond motifs is 1. The molecular formula is C29H28FN5O2. The van der Waals surface area contributed by atoms with Gasteiger partial charge in [-0.05, 0) is 48.4 Å². The molecule has 188 valence electrons. The van der Waals surface area contributed by atoms with E-state index in [-0.39, 0.29) is 17.6 Å². The van der Waals surface area contributed by atoms with Gasteiger partial charge in [-0.3, -0.25) is 9.59 Å². The summed E-state index contributed by atoms with van der Waals surface area (Å²) >= 11 is 0. The van der Waals surface area contributed by atoms with Gasteiger partial charge in [0.25, 0.3) is 0 Å². The lowest BCUT2D eigenvalue weighted by atomic mass is 10.1. The Morgan fingerprint density at radius 3 is 2.32 bits per heavy atom. The number of carbonyl (C=O) groups excluding carboxylic acids is 2. The zero-order chi connectivity index (χ0) is 25.4. The molecule has 0 N–H and O–H groups in total. The molecule has 3 aromatic carbocycles. The molecule has 2 aliphatic heterocycles. The highest BCUT2D eigenvalue weighted by Crippen LogP contribution is 2.28. The van der Waals surface area contributed by atoms with Gasteiger partial charge in [-0.15, -0.1) is 0 Å². The van der Waals surface area contributed by atoms with E-state index in [1.165, 1.54) is 12.1 Å². The van der Waals surface area contributed by atoms with E-state index in [2.05, 4.69) is 9.47 Å². The second-order valence-electron chi connectivity index (χ2n) is 9.59. The van der Waals surface area contributed by atoms with Crippen molar-refractivity contribution in [1.29, 1.82) is 0 Å². The molecule has 3 heterocycles. The summed E-state index contributed by atoms with van der Waals surface area (Å²) in [6.45, 7) is 3.46. The molecule has 7 nitrogen and oxygen atoms in total. The number of anilines is 2. The summed E-state index contributed by atoms with van der Waals surface area (Å²) in [5.74, 6) is -0.227. The van der Waals surface area contributed by atoms with Gasteiger partial charge in [-0.25, -0.2) is 9.37 Å². The van der Waals surface area contributed by atoms with Gasteiger partial charge in [0.05, 0.1) is 17.6 Å². The molecule has 0 saturated carbocycles. The Morgan fingerprint density at radius 1 is 0.865 bits per heavy atom. The Hall–Kier alpha value is -4.20. The summed E-state index contributed by atoms with van der Waals surface area (Å²) in [5.41, 5.74) is 3.74. The number of carbonyl (C=O) groups is 2. The van der Waals surface area contributed by atoms with Gasteiger partial charge in [0.2, 0.25) is 17.8 Å². The molecule has 8 heteroatoms. The molecule has 4 aromatic rings. The molecule has 2 aliphatic rings. The van der Waals surface area contributed by atoms with Crippen LogP contribution in [0.1, 0.15) is 12.0 Å². The smallest absolute Gasteiger partial charge is 0.239 e.